The van der Waals surface area contributed by atoms with Crippen molar-refractivity contribution in [2.45, 2.75) is 39.2 Å². The number of ether oxygens (including phenoxy) is 2. The molecule has 0 fully saturated rings. The van der Waals surface area contributed by atoms with E-state index in [0.717, 1.165) is 30.4 Å². The van der Waals surface area contributed by atoms with Crippen molar-refractivity contribution >= 4 is 5.96 Å². The Morgan fingerprint density at radius 1 is 1.09 bits per heavy atom. The monoisotopic (exact) mass is 321 g/mol. The number of benzene rings is 1. The molecule has 0 bridgehead atoms. The van der Waals surface area contributed by atoms with E-state index in [1.165, 1.54) is 25.7 Å². The second kappa shape index (κ2) is 12.8. The van der Waals surface area contributed by atoms with Gasteiger partial charge in [-0.1, -0.05) is 44.4 Å². The Labute approximate surface area is 140 Å². The number of aliphatic imine (C=N–C) groups is 1. The van der Waals surface area contributed by atoms with E-state index in [-0.39, 0.29) is 0 Å². The average Bonchev–Trinajstić information content (AvgIpc) is 2.59. The van der Waals surface area contributed by atoms with Gasteiger partial charge in [0.2, 0.25) is 0 Å². The summed E-state index contributed by atoms with van der Waals surface area (Å²) in [4.78, 5) is 4.21. The van der Waals surface area contributed by atoms with Crippen LogP contribution in [0.3, 0.4) is 0 Å². The Bertz CT molecular complexity index is 450. The van der Waals surface area contributed by atoms with E-state index in [1.54, 1.807) is 14.2 Å². The summed E-state index contributed by atoms with van der Waals surface area (Å²) in [5, 5.41) is 6.58. The van der Waals surface area contributed by atoms with Crippen LogP contribution in [0.4, 0.5) is 0 Å². The van der Waals surface area contributed by atoms with Gasteiger partial charge in [-0.3, -0.25) is 4.99 Å². The number of rotatable bonds is 11. The zero-order chi connectivity index (χ0) is 16.8. The Morgan fingerprint density at radius 2 is 1.87 bits per heavy atom. The van der Waals surface area contributed by atoms with E-state index in [1.807, 2.05) is 24.3 Å². The van der Waals surface area contributed by atoms with Gasteiger partial charge < -0.3 is 20.1 Å². The van der Waals surface area contributed by atoms with Gasteiger partial charge in [0.1, 0.15) is 5.75 Å². The van der Waals surface area contributed by atoms with E-state index < -0.39 is 0 Å². The molecule has 0 atom stereocenters. The Morgan fingerprint density at radius 3 is 2.61 bits per heavy atom. The number of hydrogen-bond donors (Lipinski definition) is 2. The highest BCUT2D eigenvalue weighted by Crippen LogP contribution is 2.17. The highest BCUT2D eigenvalue weighted by molar-refractivity contribution is 5.79. The van der Waals surface area contributed by atoms with Gasteiger partial charge in [-0.15, -0.1) is 0 Å². The molecule has 0 amide bonds. The molecule has 0 aromatic heterocycles. The van der Waals surface area contributed by atoms with Gasteiger partial charge >= 0.3 is 0 Å². The van der Waals surface area contributed by atoms with Crippen molar-refractivity contribution in [1.29, 1.82) is 0 Å². The highest BCUT2D eigenvalue weighted by atomic mass is 16.5. The molecule has 0 aliphatic rings. The maximum atomic E-state index is 5.69. The van der Waals surface area contributed by atoms with E-state index >= 15 is 0 Å². The van der Waals surface area contributed by atoms with Gasteiger partial charge in [-0.25, -0.2) is 0 Å². The summed E-state index contributed by atoms with van der Waals surface area (Å²) in [6, 6.07) is 7.91. The summed E-state index contributed by atoms with van der Waals surface area (Å²) < 4.78 is 11.0. The first kappa shape index (κ1) is 19.3. The van der Waals surface area contributed by atoms with Crippen molar-refractivity contribution in [2.24, 2.45) is 4.99 Å². The number of para-hydroxylation sites is 1. The van der Waals surface area contributed by atoms with Crippen molar-refractivity contribution in [3.8, 4) is 5.75 Å². The molecule has 5 heteroatoms. The molecule has 0 saturated heterocycles. The first-order valence-electron chi connectivity index (χ1n) is 8.46. The normalized spacial score (nSPS) is 11.3. The van der Waals surface area contributed by atoms with E-state index in [4.69, 9.17) is 9.47 Å². The third-order valence-corrected chi connectivity index (χ3v) is 3.54. The molecular formula is C18H31N3O2. The summed E-state index contributed by atoms with van der Waals surface area (Å²) in [7, 11) is 3.47. The average molecular weight is 321 g/mol. The molecule has 1 rings (SSSR count). The van der Waals surface area contributed by atoms with E-state index in [0.29, 0.717) is 13.2 Å². The molecule has 0 saturated carbocycles. The molecule has 130 valence electrons. The molecule has 2 N–H and O–H groups in total. The number of unbranched alkanes of at least 4 members (excludes halogenated alkanes) is 3. The van der Waals surface area contributed by atoms with Crippen molar-refractivity contribution in [3.63, 3.8) is 0 Å². The lowest BCUT2D eigenvalue weighted by molar-refractivity contribution is 0.123. The second-order valence-electron chi connectivity index (χ2n) is 5.35. The number of methoxy groups -OCH3 is 1. The van der Waals surface area contributed by atoms with Crippen LogP contribution in [0.1, 0.15) is 38.2 Å². The lowest BCUT2D eigenvalue weighted by Gasteiger charge is -2.12. The molecule has 1 aromatic carbocycles. The van der Waals surface area contributed by atoms with Crippen molar-refractivity contribution < 1.29 is 9.47 Å². The van der Waals surface area contributed by atoms with Gasteiger partial charge in [0.25, 0.3) is 0 Å². The fourth-order valence-electron chi connectivity index (χ4n) is 2.23. The van der Waals surface area contributed by atoms with Gasteiger partial charge in [0, 0.05) is 25.7 Å². The number of nitrogens with zero attached hydrogens (tertiary/aromatic N) is 1. The minimum atomic E-state index is 0.550. The summed E-state index contributed by atoms with van der Waals surface area (Å²) in [6.07, 6.45) is 5.00. The first-order chi connectivity index (χ1) is 11.3. The molecular weight excluding hydrogens is 290 g/mol. The van der Waals surface area contributed by atoms with Gasteiger partial charge in [0.15, 0.2) is 5.96 Å². The van der Waals surface area contributed by atoms with Crippen molar-refractivity contribution in [1.82, 2.24) is 10.6 Å². The summed E-state index contributed by atoms with van der Waals surface area (Å²) in [5.74, 6) is 1.70. The topological polar surface area (TPSA) is 54.9 Å². The van der Waals surface area contributed by atoms with Gasteiger partial charge in [-0.2, -0.15) is 0 Å². The maximum Gasteiger partial charge on any atom is 0.191 e. The zero-order valence-electron chi connectivity index (χ0n) is 14.7. The Balaban J connectivity index is 2.13. The molecule has 0 heterocycles. The summed E-state index contributed by atoms with van der Waals surface area (Å²) in [5.41, 5.74) is 1.06. The summed E-state index contributed by atoms with van der Waals surface area (Å²) in [6.45, 7) is 5.08. The number of nitrogens with one attached hydrogen (secondary N) is 2. The fourth-order valence-corrected chi connectivity index (χ4v) is 2.23. The summed E-state index contributed by atoms with van der Waals surface area (Å²) >= 11 is 0. The van der Waals surface area contributed by atoms with Crippen LogP contribution in [0.5, 0.6) is 5.75 Å². The fraction of sp³-hybridized carbons (Fsp3) is 0.611. The lowest BCUT2D eigenvalue weighted by Crippen LogP contribution is -2.39. The third-order valence-electron chi connectivity index (χ3n) is 3.54. The molecule has 0 aliphatic heterocycles. The van der Waals surface area contributed by atoms with Crippen LogP contribution in [-0.2, 0) is 11.3 Å². The SMILES string of the molecule is CCCCCCNC(=NC)NCCOCc1ccccc1OC. The van der Waals surface area contributed by atoms with Crippen LogP contribution in [0.15, 0.2) is 29.3 Å². The van der Waals surface area contributed by atoms with Crippen LogP contribution in [-0.4, -0.2) is 39.8 Å². The molecule has 23 heavy (non-hydrogen) atoms. The van der Waals surface area contributed by atoms with Crippen LogP contribution in [0, 0.1) is 0 Å². The minimum Gasteiger partial charge on any atom is -0.496 e. The molecule has 1 aromatic rings. The third kappa shape index (κ3) is 8.45. The largest absolute Gasteiger partial charge is 0.496 e. The van der Waals surface area contributed by atoms with Gasteiger partial charge in [0.05, 0.1) is 20.3 Å². The predicted molar refractivity (Wildman–Crippen MR) is 96.2 cm³/mol. The number of guanidine groups is 1. The lowest BCUT2D eigenvalue weighted by atomic mass is 10.2. The minimum absolute atomic E-state index is 0.550. The molecule has 0 spiro atoms. The second-order valence-corrected chi connectivity index (χ2v) is 5.35. The first-order valence-corrected chi connectivity index (χ1v) is 8.46. The molecule has 5 nitrogen and oxygen atoms in total. The van der Waals surface area contributed by atoms with Crippen molar-refractivity contribution in [3.05, 3.63) is 29.8 Å². The highest BCUT2D eigenvalue weighted by Gasteiger charge is 2.01. The van der Waals surface area contributed by atoms with Crippen molar-refractivity contribution in [2.75, 3.05) is 33.9 Å². The Kier molecular flexibility index (Phi) is 10.7. The number of hydrogen-bond acceptors (Lipinski definition) is 3. The molecule has 0 aliphatic carbocycles. The molecule has 0 unspecified atom stereocenters. The van der Waals surface area contributed by atoms with Crippen LogP contribution < -0.4 is 15.4 Å². The van der Waals surface area contributed by atoms with E-state index in [9.17, 15) is 0 Å². The maximum absolute atomic E-state index is 5.69. The van der Waals surface area contributed by atoms with Crippen LogP contribution in [0.2, 0.25) is 0 Å². The van der Waals surface area contributed by atoms with Crippen LogP contribution >= 0.6 is 0 Å². The Hall–Kier alpha value is -1.75. The predicted octanol–water partition coefficient (Wildman–Crippen LogP) is 2.96. The zero-order valence-corrected chi connectivity index (χ0v) is 14.7. The quantitative estimate of drug-likeness (QED) is 0.374. The smallest absolute Gasteiger partial charge is 0.191 e. The standard InChI is InChI=1S/C18H31N3O2/c1-4-5-6-9-12-20-18(19-2)21-13-14-23-15-16-10-7-8-11-17(16)22-3/h7-8,10-11H,4-6,9,12-15H2,1-3H3,(H2,19,20,21). The van der Waals surface area contributed by atoms with Crippen LogP contribution in [0.25, 0.3) is 0 Å². The van der Waals surface area contributed by atoms with Gasteiger partial charge in [-0.05, 0) is 12.5 Å². The molecule has 0 radical (unpaired) electrons. The van der Waals surface area contributed by atoms with E-state index in [2.05, 4.69) is 22.5 Å².